The fraction of sp³-hybridized carbons (Fsp3) is 0.235. The van der Waals surface area contributed by atoms with Gasteiger partial charge in [-0.25, -0.2) is 0 Å². The zero-order valence-corrected chi connectivity index (χ0v) is 11.3. The molecule has 0 atom stereocenters. The Kier molecular flexibility index (Phi) is 4.20. The molecule has 0 aliphatic heterocycles. The number of benzene rings is 2. The Balaban J connectivity index is 1.90. The van der Waals surface area contributed by atoms with Gasteiger partial charge in [0.15, 0.2) is 0 Å². The van der Waals surface area contributed by atoms with Crippen LogP contribution in [0.25, 0.3) is 0 Å². The van der Waals surface area contributed by atoms with Gasteiger partial charge in [-0.1, -0.05) is 18.2 Å². The molecule has 0 unspecified atom stereocenters. The first kappa shape index (κ1) is 13.2. The number of nitrogens with zero attached hydrogens (tertiary/aromatic N) is 1. The number of hydrogen-bond acceptors (Lipinski definition) is 2. The van der Waals surface area contributed by atoms with Gasteiger partial charge in [-0.2, -0.15) is 5.26 Å². The van der Waals surface area contributed by atoms with E-state index in [0.717, 1.165) is 12.2 Å². The van der Waals surface area contributed by atoms with Crippen molar-refractivity contribution in [2.24, 2.45) is 0 Å². The molecule has 0 bridgehead atoms. The molecule has 19 heavy (non-hydrogen) atoms. The van der Waals surface area contributed by atoms with Crippen molar-refractivity contribution < 1.29 is 4.74 Å². The molecule has 0 saturated carbocycles. The van der Waals surface area contributed by atoms with Crippen LogP contribution in [0.15, 0.2) is 42.5 Å². The van der Waals surface area contributed by atoms with Crippen LogP contribution in [0.4, 0.5) is 0 Å². The maximum absolute atomic E-state index is 8.73. The van der Waals surface area contributed by atoms with Crippen LogP contribution in [0.2, 0.25) is 0 Å². The van der Waals surface area contributed by atoms with Gasteiger partial charge in [0.25, 0.3) is 0 Å². The third-order valence-corrected chi connectivity index (χ3v) is 2.94. The molecule has 0 amide bonds. The normalized spacial score (nSPS) is 9.95. The summed E-state index contributed by atoms with van der Waals surface area (Å²) in [5, 5.41) is 8.73. The van der Waals surface area contributed by atoms with Crippen molar-refractivity contribution >= 4 is 0 Å². The van der Waals surface area contributed by atoms with Gasteiger partial charge in [0.2, 0.25) is 0 Å². The molecule has 0 heterocycles. The predicted molar refractivity (Wildman–Crippen MR) is 76.3 cm³/mol. The van der Waals surface area contributed by atoms with Crippen molar-refractivity contribution in [1.82, 2.24) is 0 Å². The quantitative estimate of drug-likeness (QED) is 0.828. The lowest BCUT2D eigenvalue weighted by molar-refractivity contribution is 0.321. The minimum absolute atomic E-state index is 0.648. The number of nitriles is 1. The second kappa shape index (κ2) is 6.06. The predicted octanol–water partition coefficient (Wildman–Crippen LogP) is 3.80. The molecule has 2 heteroatoms. The minimum Gasteiger partial charge on any atom is -0.493 e. The Labute approximate surface area is 114 Å². The molecule has 0 spiro atoms. The summed E-state index contributed by atoms with van der Waals surface area (Å²) in [6.07, 6.45) is 0.846. The Hall–Kier alpha value is -2.27. The summed E-state index contributed by atoms with van der Waals surface area (Å²) in [5.41, 5.74) is 4.31. The molecule has 2 rings (SSSR count). The molecule has 0 aliphatic carbocycles. The van der Waals surface area contributed by atoms with Gasteiger partial charge in [-0.05, 0) is 54.8 Å². The topological polar surface area (TPSA) is 33.0 Å². The summed E-state index contributed by atoms with van der Waals surface area (Å²) >= 11 is 0. The van der Waals surface area contributed by atoms with Crippen LogP contribution < -0.4 is 4.74 Å². The highest BCUT2D eigenvalue weighted by Gasteiger charge is 1.98. The average molecular weight is 251 g/mol. The fourth-order valence-electron chi connectivity index (χ4n) is 2.05. The molecule has 0 aliphatic rings. The third-order valence-electron chi connectivity index (χ3n) is 2.94. The molecule has 2 aromatic rings. The third kappa shape index (κ3) is 3.86. The molecule has 0 N–H and O–H groups in total. The summed E-state index contributed by atoms with van der Waals surface area (Å²) in [6, 6.07) is 16.0. The van der Waals surface area contributed by atoms with Crippen molar-refractivity contribution in [3.05, 3.63) is 64.7 Å². The van der Waals surface area contributed by atoms with Gasteiger partial charge in [0, 0.05) is 6.42 Å². The highest BCUT2D eigenvalue weighted by atomic mass is 16.5. The van der Waals surface area contributed by atoms with Gasteiger partial charge >= 0.3 is 0 Å². The van der Waals surface area contributed by atoms with Crippen molar-refractivity contribution in [3.63, 3.8) is 0 Å². The molecular weight excluding hydrogens is 234 g/mol. The zero-order valence-electron chi connectivity index (χ0n) is 11.3. The average Bonchev–Trinajstić information content (AvgIpc) is 2.38. The lowest BCUT2D eigenvalue weighted by atomic mass is 10.1. The molecule has 0 saturated heterocycles. The smallest absolute Gasteiger partial charge is 0.119 e. The monoisotopic (exact) mass is 251 g/mol. The summed E-state index contributed by atoms with van der Waals surface area (Å²) in [7, 11) is 0. The number of aryl methyl sites for hydroxylation is 2. The van der Waals surface area contributed by atoms with Crippen molar-refractivity contribution in [3.8, 4) is 11.8 Å². The first-order valence-corrected chi connectivity index (χ1v) is 6.37. The van der Waals surface area contributed by atoms with Crippen LogP contribution in [0.5, 0.6) is 5.75 Å². The van der Waals surface area contributed by atoms with Crippen LogP contribution >= 0.6 is 0 Å². The molecule has 0 fully saturated rings. The van der Waals surface area contributed by atoms with Crippen LogP contribution in [-0.4, -0.2) is 6.61 Å². The molecule has 0 radical (unpaired) electrons. The second-order valence-electron chi connectivity index (χ2n) is 4.73. The van der Waals surface area contributed by atoms with E-state index in [-0.39, 0.29) is 0 Å². The molecule has 2 aromatic carbocycles. The number of ether oxygens (including phenoxy) is 1. The van der Waals surface area contributed by atoms with Crippen molar-refractivity contribution in [2.45, 2.75) is 20.3 Å². The Bertz CT molecular complexity index is 573. The molecular formula is C17H17NO. The van der Waals surface area contributed by atoms with E-state index in [1.807, 2.05) is 36.4 Å². The van der Waals surface area contributed by atoms with Crippen LogP contribution in [0.3, 0.4) is 0 Å². The first-order chi connectivity index (χ1) is 9.17. The van der Waals surface area contributed by atoms with Gasteiger partial charge in [-0.3, -0.25) is 0 Å². The fourth-order valence-corrected chi connectivity index (χ4v) is 2.05. The van der Waals surface area contributed by atoms with E-state index in [0.29, 0.717) is 12.2 Å². The van der Waals surface area contributed by atoms with E-state index < -0.39 is 0 Å². The lowest BCUT2D eigenvalue weighted by Crippen LogP contribution is -2.01. The van der Waals surface area contributed by atoms with Crippen LogP contribution in [0, 0.1) is 25.2 Å². The van der Waals surface area contributed by atoms with Crippen molar-refractivity contribution in [2.75, 3.05) is 6.61 Å². The number of hydrogen-bond donors (Lipinski definition) is 0. The van der Waals surface area contributed by atoms with Gasteiger partial charge in [0.05, 0.1) is 18.2 Å². The lowest BCUT2D eigenvalue weighted by Gasteiger charge is -2.08. The number of rotatable bonds is 4. The van der Waals surface area contributed by atoms with Crippen LogP contribution in [0.1, 0.15) is 22.3 Å². The Morgan fingerprint density at radius 2 is 1.63 bits per heavy atom. The summed E-state index contributed by atoms with van der Waals surface area (Å²) in [6.45, 7) is 4.79. The SMILES string of the molecule is Cc1cc(C)cc(OCCc2ccc(C#N)cc2)c1. The largest absolute Gasteiger partial charge is 0.493 e. The summed E-state index contributed by atoms with van der Waals surface area (Å²) in [4.78, 5) is 0. The van der Waals surface area contributed by atoms with Gasteiger partial charge < -0.3 is 4.74 Å². The molecule has 96 valence electrons. The summed E-state index contributed by atoms with van der Waals surface area (Å²) in [5.74, 6) is 0.922. The van der Waals surface area contributed by atoms with E-state index >= 15 is 0 Å². The van der Waals surface area contributed by atoms with E-state index in [1.54, 1.807) is 0 Å². The second-order valence-corrected chi connectivity index (χ2v) is 4.73. The summed E-state index contributed by atoms with van der Waals surface area (Å²) < 4.78 is 5.76. The van der Waals surface area contributed by atoms with E-state index in [1.165, 1.54) is 16.7 Å². The minimum atomic E-state index is 0.648. The standard InChI is InChI=1S/C17H17NO/c1-13-9-14(2)11-17(10-13)19-8-7-15-3-5-16(12-18)6-4-15/h3-6,9-11H,7-8H2,1-2H3. The molecule has 0 aromatic heterocycles. The van der Waals surface area contributed by atoms with E-state index in [2.05, 4.69) is 26.0 Å². The van der Waals surface area contributed by atoms with Gasteiger partial charge in [-0.15, -0.1) is 0 Å². The Morgan fingerprint density at radius 3 is 2.21 bits per heavy atom. The van der Waals surface area contributed by atoms with Gasteiger partial charge in [0.1, 0.15) is 5.75 Å². The molecule has 2 nitrogen and oxygen atoms in total. The highest BCUT2D eigenvalue weighted by molar-refractivity contribution is 5.33. The van der Waals surface area contributed by atoms with Crippen LogP contribution in [-0.2, 0) is 6.42 Å². The highest BCUT2D eigenvalue weighted by Crippen LogP contribution is 2.16. The maximum atomic E-state index is 8.73. The van der Waals surface area contributed by atoms with E-state index in [9.17, 15) is 0 Å². The first-order valence-electron chi connectivity index (χ1n) is 6.37. The maximum Gasteiger partial charge on any atom is 0.119 e. The van der Waals surface area contributed by atoms with Crippen molar-refractivity contribution in [1.29, 1.82) is 5.26 Å². The van der Waals surface area contributed by atoms with E-state index in [4.69, 9.17) is 10.00 Å². The zero-order chi connectivity index (χ0) is 13.7. The Morgan fingerprint density at radius 1 is 1.00 bits per heavy atom.